The van der Waals surface area contributed by atoms with Gasteiger partial charge in [-0.15, -0.1) is 0 Å². The van der Waals surface area contributed by atoms with Gasteiger partial charge in [0.15, 0.2) is 56.2 Å². The molecule has 9 aliphatic rings. The smallest absolute Gasteiger partial charge is 0.397 e. The Hall–Kier alpha value is -3.25. The van der Waals surface area contributed by atoms with Crippen LogP contribution in [0.1, 0.15) is 39.5 Å². The van der Waals surface area contributed by atoms with Gasteiger partial charge >= 0.3 is 22.3 Å². The number of aliphatic hydroxyl groups is 35. The summed E-state index contributed by atoms with van der Waals surface area (Å²) in [4.78, 5) is 21.0. The highest BCUT2D eigenvalue weighted by molar-refractivity contribution is 7.80. The number of nitrogens with two attached hydrogens (primary N) is 1. The maximum absolute atomic E-state index is 10.5. The van der Waals surface area contributed by atoms with E-state index in [2.05, 4.69) is 27.9 Å². The zero-order chi connectivity index (χ0) is 86.4. The van der Waals surface area contributed by atoms with Crippen LogP contribution in [0.3, 0.4) is 0 Å². The molecule has 0 aromatic carbocycles. The van der Waals surface area contributed by atoms with Crippen LogP contribution >= 0.6 is 0 Å². The summed E-state index contributed by atoms with van der Waals surface area (Å²) in [6.07, 6.45) is -46.8. The van der Waals surface area contributed by atoms with Crippen molar-refractivity contribution in [3.63, 3.8) is 0 Å². The average Bonchev–Trinajstić information content (AvgIpc) is 0.824. The fourth-order valence-electron chi connectivity index (χ4n) is 10.2. The van der Waals surface area contributed by atoms with Gasteiger partial charge in [0.2, 0.25) is 0 Å². The van der Waals surface area contributed by atoms with Gasteiger partial charge < -0.3 is 237 Å². The number of esters is 1. The van der Waals surface area contributed by atoms with E-state index in [1.165, 1.54) is 19.1 Å². The van der Waals surface area contributed by atoms with E-state index >= 15 is 0 Å². The van der Waals surface area contributed by atoms with Crippen LogP contribution in [0.5, 0.6) is 0 Å². The van der Waals surface area contributed by atoms with Crippen LogP contribution in [0.2, 0.25) is 0 Å². The lowest BCUT2D eigenvalue weighted by atomic mass is 9.95. The van der Waals surface area contributed by atoms with Gasteiger partial charge in [0.1, 0.15) is 178 Å². The largest absolute Gasteiger partial charge is 0.479 e. The number of hydrogen-bond acceptors (Lipinski definition) is 51. The topological polar surface area (TPSA) is 944 Å². The summed E-state index contributed by atoms with van der Waals surface area (Å²) >= 11 is 0. The predicted molar refractivity (Wildman–Crippen MR) is 347 cm³/mol. The molecule has 53 nitrogen and oxygen atoms in total. The molecule has 40 atom stereocenters. The predicted octanol–water partition coefficient (Wildman–Crippen LogP) is -22.2. The molecule has 0 aromatic rings. The Labute approximate surface area is 634 Å². The van der Waals surface area contributed by atoms with Crippen molar-refractivity contribution in [2.24, 2.45) is 5.73 Å². The first-order valence-corrected chi connectivity index (χ1v) is 35.1. The van der Waals surface area contributed by atoms with E-state index in [1.807, 2.05) is 0 Å². The summed E-state index contributed by atoms with van der Waals surface area (Å²) in [5.41, 5.74) is 5.24. The number of hydrogen-bond donors (Lipinski definition) is 38. The normalized spacial score (nSPS) is 44.5. The maximum atomic E-state index is 10.5. The molecule has 0 unspecified atom stereocenters. The van der Waals surface area contributed by atoms with E-state index in [1.54, 1.807) is 6.92 Å². The molecule has 0 radical (unpaired) electrons. The Kier molecular flexibility index (Phi) is 49.5. The number of aliphatic carboxylic acids is 1. The van der Waals surface area contributed by atoms with Crippen molar-refractivity contribution < 1.29 is 258 Å². The first kappa shape index (κ1) is 107. The van der Waals surface area contributed by atoms with Crippen molar-refractivity contribution in [2.75, 3.05) is 52.9 Å². The zero-order valence-electron chi connectivity index (χ0n) is 59.4. The second kappa shape index (κ2) is 51.9. The van der Waals surface area contributed by atoms with Crippen molar-refractivity contribution >= 4 is 22.3 Å². The second-order valence-electron chi connectivity index (χ2n) is 25.3. The summed E-state index contributed by atoms with van der Waals surface area (Å²) in [7, 11) is -4.91. The van der Waals surface area contributed by atoms with Gasteiger partial charge in [-0.1, -0.05) is 13.0 Å². The SMILES string of the molecule is CC(=O)OC[C@H]1O[C@@H](O)[C@H](O)[C@@H](O)[C@@H]1O.CC[C@H]1O[C@@H](O)[C@H](O)[C@@H](O)[C@@H]1O.N[C@@H]1O[C@H](CO)[C@@H](O)[C@H](O)[C@H]1O.O=C(O)[C@@H]1O[C@H](CO)[C@@H](O)[C@H](O)[C@H]1O.O=S(=O)(O)O[C@@H]1[C@@H](O)[C@H](O)[C@@H](CO)O[C@H]1O.OC[C@H]1O[C@@H](O)C=C[C@@H]1O.OC[C@H]1O[C@@H](O)CC[C@@H]1O.OC[C@H]1O[C@@H](O)[C@H](O)C[C@@H]1O.OC[C@H]1O[C@@H](O)[C@H](O)[C@@H](O)[C@@H]1O. The van der Waals surface area contributed by atoms with Crippen molar-refractivity contribution in [3.05, 3.63) is 12.2 Å². The standard InChI is InChI=1S/C8H14O7.C7H12O7.C7H14O5.C6H13NO5.C6H12O9S.C6H12O6.C6H12O5.C6H12O4.C6H10O4/c1-3(9)14-2-4-5(10)6(11)7(12)8(13)15-4;8-1-2-3(9)4(10)5(11)6(14-2)7(12)13;1-2-3-4(8)5(9)6(10)7(11)12-3;7-6-5(11)4(10)3(9)2(1-8)12-6;7-1-2-3(8)4(9)5(6(10)14-2)15-16(11,12)13;7-1-2-3(8)4(9)5(10)6(11)12-2;7-2-5-3(8)1-4(9)6(10)11-5;2*7-3-5-4(8)1-2-6(9)10-5/h4-8,10-13H,2H2,1H3;2-6,8-11H,1H2,(H,12,13);3-11H,2H2,1H3;2-6,8-11H,1,7H2;2-10H,1H2,(H,11,12,13);2-11H,1H2;3-10H,1-2H2;4-9H,1-3H2;1-2,4-9H,3H2/t4-,5-,6+,7-,8-;2-,3-,4+,5-,6-;3-,4-,5+,6-,7-;3*2-,3-,4+,5-,6-;3-,4+,5+,6+;2*4-,5+,6+/m111111000/s1. The molecule has 8 saturated heterocycles. The van der Waals surface area contributed by atoms with Crippen molar-refractivity contribution in [3.8, 4) is 0 Å². The van der Waals surface area contributed by atoms with Gasteiger partial charge in [0.25, 0.3) is 0 Å². The third kappa shape index (κ3) is 33.5. The van der Waals surface area contributed by atoms with Crippen LogP contribution in [-0.4, -0.2) is 507 Å². The van der Waals surface area contributed by atoms with Gasteiger partial charge in [-0.25, -0.2) is 8.98 Å². The van der Waals surface area contributed by atoms with Crippen molar-refractivity contribution in [1.82, 2.24) is 0 Å². The van der Waals surface area contributed by atoms with Gasteiger partial charge in [0.05, 0.1) is 64.6 Å². The number of ether oxygens (including phenoxy) is 10. The number of carboxylic acids is 1. The van der Waals surface area contributed by atoms with Crippen LogP contribution in [-0.2, 0) is 71.5 Å². The summed E-state index contributed by atoms with van der Waals surface area (Å²) in [5, 5.41) is 324. The molecule has 0 aliphatic carbocycles. The molecule has 9 rings (SSSR count). The Morgan fingerprint density at radius 1 is 0.384 bits per heavy atom. The average molecular weight is 1690 g/mol. The van der Waals surface area contributed by atoms with Crippen molar-refractivity contribution in [1.29, 1.82) is 0 Å². The first-order valence-electron chi connectivity index (χ1n) is 33.7. The number of rotatable bonds is 13. The molecule has 8 fully saturated rings. The minimum Gasteiger partial charge on any atom is -0.479 e. The third-order valence-electron chi connectivity index (χ3n) is 17.0. The highest BCUT2D eigenvalue weighted by atomic mass is 32.3. The molecule has 0 spiro atoms. The van der Waals surface area contributed by atoms with E-state index < -0.39 is 294 Å². The Morgan fingerprint density at radius 3 is 1.16 bits per heavy atom. The van der Waals surface area contributed by atoms with Gasteiger partial charge in [-0.2, -0.15) is 8.42 Å². The molecule has 666 valence electrons. The highest BCUT2D eigenvalue weighted by Gasteiger charge is 2.50. The molecule has 9 aliphatic heterocycles. The maximum Gasteiger partial charge on any atom is 0.397 e. The van der Waals surface area contributed by atoms with Gasteiger partial charge in [0, 0.05) is 19.8 Å². The number of aliphatic hydroxyl groups excluding tert-OH is 35. The van der Waals surface area contributed by atoms with Crippen LogP contribution in [0, 0.1) is 0 Å². The van der Waals surface area contributed by atoms with Gasteiger partial charge in [-0.3, -0.25) is 9.35 Å². The molecule has 0 aromatic heterocycles. The van der Waals surface area contributed by atoms with Crippen LogP contribution in [0.25, 0.3) is 0 Å². The highest BCUT2D eigenvalue weighted by Crippen LogP contribution is 2.27. The van der Waals surface area contributed by atoms with E-state index in [9.17, 15) is 74.2 Å². The quantitative estimate of drug-likeness (QED) is 0.0462. The Balaban J connectivity index is 0.000000632. The van der Waals surface area contributed by atoms with E-state index in [4.69, 9.17) is 162 Å². The molecular weight excluding hydrogens is 1570 g/mol. The zero-order valence-corrected chi connectivity index (χ0v) is 60.2. The number of carboxylic acid groups (broad SMARTS) is 1. The Morgan fingerprint density at radius 2 is 0.750 bits per heavy atom. The van der Waals surface area contributed by atoms with Crippen LogP contribution in [0.4, 0.5) is 0 Å². The molecule has 9 heterocycles. The molecule has 39 N–H and O–H groups in total. The molecule has 0 amide bonds. The summed E-state index contributed by atoms with van der Waals surface area (Å²) < 4.78 is 80.0. The third-order valence-corrected chi connectivity index (χ3v) is 17.4. The lowest BCUT2D eigenvalue weighted by Gasteiger charge is -2.38. The molecule has 0 bridgehead atoms. The van der Waals surface area contributed by atoms with E-state index in [0.29, 0.717) is 19.3 Å². The molecule has 112 heavy (non-hydrogen) atoms. The van der Waals surface area contributed by atoms with E-state index in [0.717, 1.165) is 0 Å². The number of carbonyl (C=O) groups excluding carboxylic acids is 1. The monoisotopic (exact) mass is 1690 g/mol. The Bertz CT molecular complexity index is 2600. The molecular formula is C58H111NO52S. The summed E-state index contributed by atoms with van der Waals surface area (Å²) in [6, 6.07) is 0. The summed E-state index contributed by atoms with van der Waals surface area (Å²) in [5.74, 6) is -2.03. The summed E-state index contributed by atoms with van der Waals surface area (Å²) in [6.45, 7) is -0.533. The fraction of sp³-hybridized carbons (Fsp3) is 0.931. The lowest BCUT2D eigenvalue weighted by molar-refractivity contribution is -0.287. The first-order chi connectivity index (χ1) is 52.0. The fourth-order valence-corrected chi connectivity index (χ4v) is 10.7. The van der Waals surface area contributed by atoms with Crippen LogP contribution < -0.4 is 5.73 Å². The van der Waals surface area contributed by atoms with E-state index in [-0.39, 0.29) is 32.8 Å². The minimum atomic E-state index is -4.91. The lowest BCUT2D eigenvalue weighted by Crippen LogP contribution is -2.61. The van der Waals surface area contributed by atoms with Crippen LogP contribution in [0.15, 0.2) is 12.2 Å². The minimum absolute atomic E-state index is 0.0341. The molecule has 54 heteroatoms. The number of carbonyl (C=O) groups is 2. The second-order valence-corrected chi connectivity index (χ2v) is 26.3. The van der Waals surface area contributed by atoms with Gasteiger partial charge in [-0.05, 0) is 18.9 Å². The van der Waals surface area contributed by atoms with Crippen molar-refractivity contribution in [2.45, 2.75) is 285 Å². The molecule has 0 saturated carbocycles.